The predicted octanol–water partition coefficient (Wildman–Crippen LogP) is 7.57. The number of aliphatic hydroxyl groups excluding tert-OH is 1. The Kier molecular flexibility index (Phi) is 8.54. The molecule has 1 atom stereocenters. The third-order valence-corrected chi connectivity index (χ3v) is 8.82. The van der Waals surface area contributed by atoms with Crippen molar-refractivity contribution in [3.05, 3.63) is 154 Å². The number of benzene rings is 4. The van der Waals surface area contributed by atoms with E-state index in [1.165, 1.54) is 6.07 Å². The largest absolute Gasteiger partial charge is 0.497 e. The van der Waals surface area contributed by atoms with Crippen LogP contribution in [0.4, 0.5) is 11.4 Å². The minimum atomic E-state index is -1.66. The van der Waals surface area contributed by atoms with Crippen LogP contribution in [0.15, 0.2) is 115 Å². The van der Waals surface area contributed by atoms with Crippen molar-refractivity contribution in [2.75, 3.05) is 19.1 Å². The molecule has 5 aromatic rings. The van der Waals surface area contributed by atoms with Gasteiger partial charge in [-0.3, -0.25) is 19.4 Å². The Bertz CT molecular complexity index is 1900. The van der Waals surface area contributed by atoms with Gasteiger partial charge in [0.05, 0.1) is 24.4 Å². The van der Waals surface area contributed by atoms with Gasteiger partial charge in [0.15, 0.2) is 11.6 Å². The fourth-order valence-electron chi connectivity index (χ4n) is 5.66. The summed E-state index contributed by atoms with van der Waals surface area (Å²) in [5.41, 5.74) is 2.68. The number of carbonyl (C=O) groups excluding carboxylic acids is 3. The summed E-state index contributed by atoms with van der Waals surface area (Å²) in [5.74, 6) is -0.505. The van der Waals surface area contributed by atoms with Crippen LogP contribution in [0.5, 0.6) is 5.75 Å². The van der Waals surface area contributed by atoms with Crippen LogP contribution in [0.1, 0.15) is 66.8 Å². The van der Waals surface area contributed by atoms with E-state index in [0.717, 1.165) is 16.9 Å². The maximum absolute atomic E-state index is 14.2. The smallest absolute Gasteiger partial charge is 0.211 e. The van der Waals surface area contributed by atoms with Crippen LogP contribution in [0.3, 0.4) is 0 Å². The second-order valence-electron chi connectivity index (χ2n) is 11.3. The zero-order valence-electron chi connectivity index (χ0n) is 25.3. The second-order valence-corrected chi connectivity index (χ2v) is 11.8. The molecular weight excluding hydrogens is 600 g/mol. The number of rotatable bonds is 11. The Hall–Kier alpha value is -5.11. The average Bonchev–Trinajstić information content (AvgIpc) is 3.93. The van der Waals surface area contributed by atoms with E-state index in [4.69, 9.17) is 16.3 Å². The number of aliphatic hydroxyl groups is 1. The SMILES string of the molecule is COc1ccc(C2(C(=O)c3ccc(C(=O)c4ccc(N(C)c5ccc(Cl)cc5)cn4)cc3C(O)C(=O)c3ccccc3)CC2)cc1. The van der Waals surface area contributed by atoms with E-state index in [0.29, 0.717) is 29.2 Å². The molecule has 1 fully saturated rings. The molecule has 0 spiro atoms. The van der Waals surface area contributed by atoms with E-state index in [1.54, 1.807) is 80.0 Å². The van der Waals surface area contributed by atoms with Gasteiger partial charge < -0.3 is 14.7 Å². The highest BCUT2D eigenvalue weighted by Crippen LogP contribution is 2.51. The number of carbonyl (C=O) groups is 3. The highest BCUT2D eigenvalue weighted by Gasteiger charge is 2.52. The van der Waals surface area contributed by atoms with Gasteiger partial charge in [-0.1, -0.05) is 66.2 Å². The van der Waals surface area contributed by atoms with E-state index in [-0.39, 0.29) is 28.2 Å². The van der Waals surface area contributed by atoms with Crippen LogP contribution < -0.4 is 9.64 Å². The van der Waals surface area contributed by atoms with Crippen molar-refractivity contribution in [3.63, 3.8) is 0 Å². The van der Waals surface area contributed by atoms with Crippen molar-refractivity contribution >= 4 is 40.3 Å². The average molecular weight is 631 g/mol. The van der Waals surface area contributed by atoms with Gasteiger partial charge in [0.1, 0.15) is 17.5 Å². The molecule has 0 saturated heterocycles. The van der Waals surface area contributed by atoms with Crippen LogP contribution in [0.25, 0.3) is 0 Å². The molecule has 1 heterocycles. The van der Waals surface area contributed by atoms with Gasteiger partial charge in [-0.15, -0.1) is 0 Å². The van der Waals surface area contributed by atoms with Crippen molar-refractivity contribution in [1.29, 1.82) is 0 Å². The first-order valence-corrected chi connectivity index (χ1v) is 15.2. The first-order valence-electron chi connectivity index (χ1n) is 14.8. The Morgan fingerprint density at radius 3 is 2.13 bits per heavy atom. The van der Waals surface area contributed by atoms with Crippen molar-refractivity contribution in [2.45, 2.75) is 24.4 Å². The molecule has 1 aliphatic rings. The number of ketones is 3. The van der Waals surface area contributed by atoms with Crippen molar-refractivity contribution < 1.29 is 24.2 Å². The summed E-state index contributed by atoms with van der Waals surface area (Å²) < 4.78 is 5.28. The maximum atomic E-state index is 14.2. The molecule has 1 unspecified atom stereocenters. The lowest BCUT2D eigenvalue weighted by Gasteiger charge is -2.21. The molecule has 46 heavy (non-hydrogen) atoms. The number of methoxy groups -OCH3 is 1. The topological polar surface area (TPSA) is 96.8 Å². The lowest BCUT2D eigenvalue weighted by molar-refractivity contribution is 0.0742. The fraction of sp³-hybridized carbons (Fsp3) is 0.158. The number of ether oxygens (including phenoxy) is 1. The quantitative estimate of drug-likeness (QED) is 0.150. The molecular formula is C38H31ClN2O5. The molecule has 0 aliphatic heterocycles. The summed E-state index contributed by atoms with van der Waals surface area (Å²) in [4.78, 5) is 47.6. The molecule has 1 N–H and O–H groups in total. The zero-order valence-corrected chi connectivity index (χ0v) is 26.1. The number of aromatic nitrogens is 1. The van der Waals surface area contributed by atoms with Crippen LogP contribution in [0, 0.1) is 0 Å². The molecule has 1 saturated carbocycles. The number of halogens is 1. The number of hydrogen-bond acceptors (Lipinski definition) is 7. The number of hydrogen-bond donors (Lipinski definition) is 1. The number of nitrogens with zero attached hydrogens (tertiary/aromatic N) is 2. The van der Waals surface area contributed by atoms with Crippen molar-refractivity contribution in [3.8, 4) is 5.75 Å². The summed E-state index contributed by atoms with van der Waals surface area (Å²) in [6, 6.07) is 31.0. The number of anilines is 2. The summed E-state index contributed by atoms with van der Waals surface area (Å²) in [7, 11) is 3.46. The molecule has 0 amide bonds. The molecule has 1 aromatic heterocycles. The molecule has 0 radical (unpaired) electrons. The van der Waals surface area contributed by atoms with Gasteiger partial charge in [0.2, 0.25) is 5.78 Å². The lowest BCUT2D eigenvalue weighted by atomic mass is 9.83. The van der Waals surface area contributed by atoms with Crippen LogP contribution in [-0.2, 0) is 5.41 Å². The summed E-state index contributed by atoms with van der Waals surface area (Å²) in [6.45, 7) is 0. The second kappa shape index (κ2) is 12.7. The normalized spacial score (nSPS) is 13.8. The van der Waals surface area contributed by atoms with E-state index in [1.807, 2.05) is 48.3 Å². The summed E-state index contributed by atoms with van der Waals surface area (Å²) >= 11 is 6.02. The van der Waals surface area contributed by atoms with Crippen LogP contribution >= 0.6 is 11.6 Å². The molecule has 0 bridgehead atoms. The molecule has 7 nitrogen and oxygen atoms in total. The minimum Gasteiger partial charge on any atom is -0.497 e. The molecule has 1 aliphatic carbocycles. The standard InChI is InChI=1S/C38H31ClN2O5/c1-41(28-13-11-27(39)12-14-28)29-15-19-33(40-23-29)34(42)25-8-18-31(32(22-25)36(44)35(43)24-6-4-3-5-7-24)37(45)38(20-21-38)26-9-16-30(46-2)17-10-26/h3-19,22-23,36,44H,20-21H2,1-2H3. The van der Waals surface area contributed by atoms with Crippen LogP contribution in [-0.4, -0.2) is 41.6 Å². The number of Topliss-reactive ketones (excluding diaryl/α,β-unsaturated/α-hetero) is 2. The van der Waals surface area contributed by atoms with Gasteiger partial charge in [-0.05, 0) is 78.6 Å². The van der Waals surface area contributed by atoms with Gasteiger partial charge in [-0.25, -0.2) is 0 Å². The first-order chi connectivity index (χ1) is 22.2. The van der Waals surface area contributed by atoms with Gasteiger partial charge in [0.25, 0.3) is 0 Å². The van der Waals surface area contributed by atoms with Gasteiger partial charge >= 0.3 is 0 Å². The Labute approximate surface area is 272 Å². The minimum absolute atomic E-state index is 0.0866. The molecule has 8 heteroatoms. The van der Waals surface area contributed by atoms with Gasteiger partial charge in [0, 0.05) is 34.4 Å². The summed E-state index contributed by atoms with van der Waals surface area (Å²) in [5, 5.41) is 12.1. The predicted molar refractivity (Wildman–Crippen MR) is 178 cm³/mol. The maximum Gasteiger partial charge on any atom is 0.211 e. The van der Waals surface area contributed by atoms with E-state index in [2.05, 4.69) is 4.98 Å². The van der Waals surface area contributed by atoms with Crippen LogP contribution in [0.2, 0.25) is 5.02 Å². The Morgan fingerprint density at radius 2 is 1.52 bits per heavy atom. The summed E-state index contributed by atoms with van der Waals surface area (Å²) in [6.07, 6.45) is 1.19. The van der Waals surface area contributed by atoms with E-state index < -0.39 is 23.1 Å². The van der Waals surface area contributed by atoms with Gasteiger partial charge in [-0.2, -0.15) is 0 Å². The van der Waals surface area contributed by atoms with E-state index >= 15 is 0 Å². The monoisotopic (exact) mass is 630 g/mol. The number of pyridine rings is 1. The molecule has 6 rings (SSSR count). The third kappa shape index (κ3) is 5.95. The first kappa shape index (κ1) is 30.9. The highest BCUT2D eigenvalue weighted by molar-refractivity contribution is 6.30. The third-order valence-electron chi connectivity index (χ3n) is 8.57. The zero-order chi connectivity index (χ0) is 32.4. The Balaban J connectivity index is 1.34. The lowest BCUT2D eigenvalue weighted by Crippen LogP contribution is -2.25. The van der Waals surface area contributed by atoms with Crippen molar-refractivity contribution in [2.24, 2.45) is 0 Å². The van der Waals surface area contributed by atoms with Crippen molar-refractivity contribution in [1.82, 2.24) is 4.98 Å². The Morgan fingerprint density at radius 1 is 0.848 bits per heavy atom. The fourth-order valence-corrected chi connectivity index (χ4v) is 5.78. The molecule has 230 valence electrons. The molecule has 4 aromatic carbocycles. The van der Waals surface area contributed by atoms with E-state index in [9.17, 15) is 19.5 Å². The highest BCUT2D eigenvalue weighted by atomic mass is 35.5.